The normalized spacial score (nSPS) is 11.7. The molecule has 1 heterocycles. The van der Waals surface area contributed by atoms with E-state index >= 15 is 0 Å². The minimum absolute atomic E-state index is 0.218. The summed E-state index contributed by atoms with van der Waals surface area (Å²) >= 11 is 1.43. The molecule has 1 aromatic heterocycles. The van der Waals surface area contributed by atoms with Crippen molar-refractivity contribution in [1.82, 2.24) is 15.0 Å². The molecule has 108 valence electrons. The van der Waals surface area contributed by atoms with Crippen LogP contribution >= 0.6 is 11.3 Å². The van der Waals surface area contributed by atoms with Crippen LogP contribution < -0.4 is 10.0 Å². The fraction of sp³-hybridized carbons (Fsp3) is 0.308. The van der Waals surface area contributed by atoms with Gasteiger partial charge in [0.05, 0.1) is 11.4 Å². The molecule has 0 aliphatic heterocycles. The van der Waals surface area contributed by atoms with Gasteiger partial charge in [-0.25, -0.2) is 18.1 Å². The van der Waals surface area contributed by atoms with Crippen LogP contribution in [0.3, 0.4) is 0 Å². The lowest BCUT2D eigenvalue weighted by Gasteiger charge is -2.12. The molecule has 0 atom stereocenters. The van der Waals surface area contributed by atoms with Crippen LogP contribution in [0.1, 0.15) is 16.1 Å². The van der Waals surface area contributed by atoms with Crippen LogP contribution in [0.5, 0.6) is 0 Å². The summed E-state index contributed by atoms with van der Waals surface area (Å²) in [6.07, 6.45) is 1.66. The molecule has 0 spiro atoms. The molecule has 20 heavy (non-hydrogen) atoms. The van der Waals surface area contributed by atoms with E-state index in [-0.39, 0.29) is 6.54 Å². The standard InChI is InChI=1S/C13H17N3O2S2/c1-10-11(8-14-2)4-3-5-12(10)20(17,18)16-9-13-15-6-7-19-13/h3-7,14,16H,8-9H2,1-2H3. The number of hydrogen-bond donors (Lipinski definition) is 2. The molecule has 0 unspecified atom stereocenters. The molecule has 2 aromatic rings. The second-order valence-corrected chi connectivity index (χ2v) is 7.04. The Labute approximate surface area is 123 Å². The first-order chi connectivity index (χ1) is 9.54. The van der Waals surface area contributed by atoms with Gasteiger partial charge in [-0.15, -0.1) is 11.3 Å². The van der Waals surface area contributed by atoms with E-state index in [1.54, 1.807) is 18.3 Å². The maximum absolute atomic E-state index is 12.4. The molecule has 2 rings (SSSR count). The Morgan fingerprint density at radius 1 is 1.30 bits per heavy atom. The van der Waals surface area contributed by atoms with Crippen LogP contribution in [0.15, 0.2) is 34.7 Å². The van der Waals surface area contributed by atoms with Crippen molar-refractivity contribution in [2.75, 3.05) is 7.05 Å². The van der Waals surface area contributed by atoms with Crippen molar-refractivity contribution < 1.29 is 8.42 Å². The molecule has 5 nitrogen and oxygen atoms in total. The van der Waals surface area contributed by atoms with E-state index in [1.807, 2.05) is 25.4 Å². The molecule has 0 saturated carbocycles. The zero-order valence-corrected chi connectivity index (χ0v) is 13.0. The van der Waals surface area contributed by atoms with Crippen LogP contribution in [0.25, 0.3) is 0 Å². The van der Waals surface area contributed by atoms with E-state index < -0.39 is 10.0 Å². The van der Waals surface area contributed by atoms with Gasteiger partial charge in [0.1, 0.15) is 5.01 Å². The lowest BCUT2D eigenvalue weighted by atomic mass is 10.1. The smallest absolute Gasteiger partial charge is 0.241 e. The van der Waals surface area contributed by atoms with E-state index in [9.17, 15) is 8.42 Å². The molecule has 0 bridgehead atoms. The number of rotatable bonds is 6. The van der Waals surface area contributed by atoms with Crippen molar-refractivity contribution in [2.24, 2.45) is 0 Å². The summed E-state index contributed by atoms with van der Waals surface area (Å²) in [6, 6.07) is 5.31. The molecule has 7 heteroatoms. The number of thiazole rings is 1. The second-order valence-electron chi connectivity index (χ2n) is 4.32. The molecule has 0 fully saturated rings. The highest BCUT2D eigenvalue weighted by atomic mass is 32.2. The first-order valence-electron chi connectivity index (χ1n) is 6.15. The second kappa shape index (κ2) is 6.45. The summed E-state index contributed by atoms with van der Waals surface area (Å²) in [5.41, 5.74) is 1.75. The van der Waals surface area contributed by atoms with E-state index in [0.717, 1.165) is 16.1 Å². The average Bonchev–Trinajstić information content (AvgIpc) is 2.92. The third-order valence-electron chi connectivity index (χ3n) is 2.95. The highest BCUT2D eigenvalue weighted by molar-refractivity contribution is 7.89. The van der Waals surface area contributed by atoms with Gasteiger partial charge in [-0.1, -0.05) is 12.1 Å². The number of sulfonamides is 1. The van der Waals surface area contributed by atoms with E-state index in [2.05, 4.69) is 15.0 Å². The maximum atomic E-state index is 12.4. The molecule has 1 aromatic carbocycles. The van der Waals surface area contributed by atoms with Crippen LogP contribution in [0, 0.1) is 6.92 Å². The van der Waals surface area contributed by atoms with Gasteiger partial charge in [0.25, 0.3) is 0 Å². The van der Waals surface area contributed by atoms with Crippen molar-refractivity contribution in [1.29, 1.82) is 0 Å². The van der Waals surface area contributed by atoms with Crippen molar-refractivity contribution in [3.05, 3.63) is 45.9 Å². The van der Waals surface area contributed by atoms with Crippen LogP contribution in [-0.4, -0.2) is 20.4 Å². The topological polar surface area (TPSA) is 71.1 Å². The summed E-state index contributed by atoms with van der Waals surface area (Å²) < 4.78 is 27.3. The minimum atomic E-state index is -3.52. The lowest BCUT2D eigenvalue weighted by Crippen LogP contribution is -2.24. The third-order valence-corrected chi connectivity index (χ3v) is 5.28. The first-order valence-corrected chi connectivity index (χ1v) is 8.52. The van der Waals surface area contributed by atoms with Gasteiger partial charge in [0, 0.05) is 18.1 Å². The SMILES string of the molecule is CNCc1cccc(S(=O)(=O)NCc2nccs2)c1C. The Balaban J connectivity index is 2.23. The molecule has 0 saturated heterocycles. The van der Waals surface area contributed by atoms with Gasteiger partial charge in [0.2, 0.25) is 10.0 Å². The number of hydrogen-bond acceptors (Lipinski definition) is 5. The quantitative estimate of drug-likeness (QED) is 0.851. The minimum Gasteiger partial charge on any atom is -0.316 e. The van der Waals surface area contributed by atoms with Gasteiger partial charge < -0.3 is 5.32 Å². The molecule has 0 aliphatic rings. The number of nitrogens with zero attached hydrogens (tertiary/aromatic N) is 1. The first kappa shape index (κ1) is 15.1. The van der Waals surface area contributed by atoms with Crippen LogP contribution in [-0.2, 0) is 23.1 Å². The molecular weight excluding hydrogens is 294 g/mol. The molecule has 0 aliphatic carbocycles. The summed E-state index contributed by atoms with van der Waals surface area (Å²) in [6.45, 7) is 2.68. The molecule has 2 N–H and O–H groups in total. The average molecular weight is 311 g/mol. The predicted octanol–water partition coefficient (Wildman–Crippen LogP) is 1.65. The highest BCUT2D eigenvalue weighted by Gasteiger charge is 2.18. The number of aromatic nitrogens is 1. The van der Waals surface area contributed by atoms with Gasteiger partial charge in [-0.05, 0) is 31.2 Å². The molecule has 0 radical (unpaired) electrons. The fourth-order valence-corrected chi connectivity index (χ4v) is 3.83. The van der Waals surface area contributed by atoms with E-state index in [1.165, 1.54) is 11.3 Å². The third kappa shape index (κ3) is 3.43. The van der Waals surface area contributed by atoms with Crippen molar-refractivity contribution in [2.45, 2.75) is 24.9 Å². The molecular formula is C13H17N3O2S2. The zero-order valence-electron chi connectivity index (χ0n) is 11.4. The predicted molar refractivity (Wildman–Crippen MR) is 80.1 cm³/mol. The Hall–Kier alpha value is -1.28. The van der Waals surface area contributed by atoms with E-state index in [4.69, 9.17) is 0 Å². The fourth-order valence-electron chi connectivity index (χ4n) is 1.91. The zero-order chi connectivity index (χ0) is 14.6. The molecule has 0 amide bonds. The summed E-state index contributed by atoms with van der Waals surface area (Å²) in [5.74, 6) is 0. The van der Waals surface area contributed by atoms with Crippen molar-refractivity contribution in [3.8, 4) is 0 Å². The summed E-state index contributed by atoms with van der Waals surface area (Å²) in [5, 5.41) is 5.60. The Morgan fingerprint density at radius 3 is 2.75 bits per heavy atom. The van der Waals surface area contributed by atoms with Gasteiger partial charge in [0.15, 0.2) is 0 Å². The number of benzene rings is 1. The summed E-state index contributed by atoms with van der Waals surface area (Å²) in [4.78, 5) is 4.39. The Morgan fingerprint density at radius 2 is 2.10 bits per heavy atom. The maximum Gasteiger partial charge on any atom is 0.241 e. The Bertz CT molecular complexity index is 667. The highest BCUT2D eigenvalue weighted by Crippen LogP contribution is 2.19. The van der Waals surface area contributed by atoms with Gasteiger partial charge in [-0.3, -0.25) is 0 Å². The Kier molecular flexibility index (Phi) is 4.87. The van der Waals surface area contributed by atoms with Gasteiger partial charge >= 0.3 is 0 Å². The van der Waals surface area contributed by atoms with Crippen molar-refractivity contribution >= 4 is 21.4 Å². The van der Waals surface area contributed by atoms with Crippen LogP contribution in [0.4, 0.5) is 0 Å². The number of nitrogens with one attached hydrogen (secondary N) is 2. The van der Waals surface area contributed by atoms with Gasteiger partial charge in [-0.2, -0.15) is 0 Å². The monoisotopic (exact) mass is 311 g/mol. The van der Waals surface area contributed by atoms with Crippen LogP contribution in [0.2, 0.25) is 0 Å². The van der Waals surface area contributed by atoms with Crippen molar-refractivity contribution in [3.63, 3.8) is 0 Å². The summed E-state index contributed by atoms with van der Waals surface area (Å²) in [7, 11) is -1.68. The lowest BCUT2D eigenvalue weighted by molar-refractivity contribution is 0.580. The van der Waals surface area contributed by atoms with E-state index in [0.29, 0.717) is 11.4 Å². The largest absolute Gasteiger partial charge is 0.316 e.